The summed E-state index contributed by atoms with van der Waals surface area (Å²) in [6, 6.07) is 16.6. The molecule has 0 amide bonds. The highest BCUT2D eigenvalue weighted by Crippen LogP contribution is 2.50. The zero-order valence-corrected chi connectivity index (χ0v) is 22.2. The molecule has 1 atom stereocenters. The van der Waals surface area contributed by atoms with Gasteiger partial charge in [-0.25, -0.2) is 13.5 Å². The topological polar surface area (TPSA) is 86.0 Å². The van der Waals surface area contributed by atoms with Crippen molar-refractivity contribution in [3.63, 3.8) is 0 Å². The van der Waals surface area contributed by atoms with Gasteiger partial charge in [-0.3, -0.25) is 4.98 Å². The average Bonchev–Trinajstić information content (AvgIpc) is 3.45. The first-order chi connectivity index (χ1) is 20.1. The van der Waals surface area contributed by atoms with Crippen LogP contribution in [0, 0.1) is 23.5 Å². The molecule has 0 spiro atoms. The first-order valence-electron chi connectivity index (χ1n) is 12.5. The summed E-state index contributed by atoms with van der Waals surface area (Å²) in [5.41, 5.74) is -2.43. The number of rotatable bonds is 5. The molecule has 1 unspecified atom stereocenters. The molecule has 0 saturated carbocycles. The second-order valence-electron chi connectivity index (χ2n) is 9.52. The average molecular weight is 592 g/mol. The highest BCUT2D eigenvalue weighted by atomic mass is 35.5. The van der Waals surface area contributed by atoms with Crippen LogP contribution >= 0.6 is 11.6 Å². The lowest BCUT2D eigenvalue weighted by molar-refractivity contribution is -0.207. The highest BCUT2D eigenvalue weighted by Gasteiger charge is 2.59. The number of pyridine rings is 1. The van der Waals surface area contributed by atoms with Gasteiger partial charge in [-0.2, -0.15) is 8.78 Å². The maximum Gasteiger partial charge on any atom is 0.323 e. The van der Waals surface area contributed by atoms with Crippen molar-refractivity contribution >= 4 is 11.6 Å². The number of alkyl halides is 2. The molecular formula is C30H18ClF4N5O2. The van der Waals surface area contributed by atoms with Gasteiger partial charge >= 0.3 is 5.92 Å². The maximum atomic E-state index is 15.9. The van der Waals surface area contributed by atoms with E-state index in [-0.39, 0.29) is 23.6 Å². The third kappa shape index (κ3) is 4.95. The summed E-state index contributed by atoms with van der Waals surface area (Å²) < 4.78 is 66.3. The summed E-state index contributed by atoms with van der Waals surface area (Å²) in [5, 5.41) is 22.5. The third-order valence-electron chi connectivity index (χ3n) is 6.80. The summed E-state index contributed by atoms with van der Waals surface area (Å²) in [6.45, 7) is -0.649. The molecule has 7 nitrogen and oxygen atoms in total. The number of tetrazole rings is 1. The quantitative estimate of drug-likeness (QED) is 0.210. The Morgan fingerprint density at radius 3 is 2.48 bits per heavy atom. The van der Waals surface area contributed by atoms with E-state index in [1.807, 2.05) is 0 Å². The molecule has 12 heteroatoms. The molecule has 42 heavy (non-hydrogen) atoms. The van der Waals surface area contributed by atoms with E-state index in [1.54, 1.807) is 36.4 Å². The zero-order valence-electron chi connectivity index (χ0n) is 21.4. The van der Waals surface area contributed by atoms with Gasteiger partial charge in [-0.15, -0.1) is 5.10 Å². The van der Waals surface area contributed by atoms with Crippen molar-refractivity contribution in [1.29, 1.82) is 0 Å². The fourth-order valence-electron chi connectivity index (χ4n) is 4.58. The molecule has 5 aromatic rings. The van der Waals surface area contributed by atoms with Crippen molar-refractivity contribution < 1.29 is 27.4 Å². The number of ether oxygens (including phenoxy) is 1. The molecule has 0 fully saturated rings. The van der Waals surface area contributed by atoms with E-state index in [1.165, 1.54) is 18.3 Å². The van der Waals surface area contributed by atoms with Crippen LogP contribution in [0.1, 0.15) is 27.9 Å². The number of hydrogen-bond donors (Lipinski definition) is 1. The molecule has 0 radical (unpaired) electrons. The molecular weight excluding hydrogens is 574 g/mol. The standard InChI is InChI=1S/C30H18ClF4N5O2/c31-21-7-6-20(26(33)13-21)16-42-23-9-3-18(4-10-23)1-2-19-5-12-27(36-15-19)30(34,35)29(41)17-40-28(37-38-39-40)24-14-22(32)8-11-25(24)29/h3-15,41H,16-17H2. The van der Waals surface area contributed by atoms with Crippen LogP contribution in [0.25, 0.3) is 11.4 Å². The van der Waals surface area contributed by atoms with Crippen molar-refractivity contribution in [3.05, 3.63) is 124 Å². The van der Waals surface area contributed by atoms with Gasteiger partial charge in [0.1, 0.15) is 29.7 Å². The summed E-state index contributed by atoms with van der Waals surface area (Å²) in [4.78, 5) is 3.89. The number of aromatic nitrogens is 5. The number of halogens is 5. The second kappa shape index (κ2) is 10.6. The smallest absolute Gasteiger partial charge is 0.323 e. The molecule has 0 bridgehead atoms. The third-order valence-corrected chi connectivity index (χ3v) is 7.03. The fourth-order valence-corrected chi connectivity index (χ4v) is 4.74. The maximum absolute atomic E-state index is 15.9. The van der Waals surface area contributed by atoms with Crippen LogP contribution in [0.4, 0.5) is 17.6 Å². The zero-order chi connectivity index (χ0) is 29.5. The number of benzene rings is 3. The van der Waals surface area contributed by atoms with E-state index in [0.717, 1.165) is 28.9 Å². The van der Waals surface area contributed by atoms with Gasteiger partial charge in [0.25, 0.3) is 0 Å². The summed E-state index contributed by atoms with van der Waals surface area (Å²) in [6.07, 6.45) is 1.18. The Morgan fingerprint density at radius 2 is 1.74 bits per heavy atom. The Labute approximate surface area is 241 Å². The Bertz CT molecular complexity index is 1850. The van der Waals surface area contributed by atoms with Gasteiger partial charge in [-0.05, 0) is 71.1 Å². The van der Waals surface area contributed by atoms with Crippen LogP contribution in [-0.4, -0.2) is 30.3 Å². The lowest BCUT2D eigenvalue weighted by Crippen LogP contribution is -2.49. The van der Waals surface area contributed by atoms with E-state index in [4.69, 9.17) is 16.3 Å². The lowest BCUT2D eigenvalue weighted by Gasteiger charge is -2.39. The second-order valence-corrected chi connectivity index (χ2v) is 9.95. The number of fused-ring (bicyclic) bond motifs is 3. The van der Waals surface area contributed by atoms with Crippen molar-refractivity contribution in [3.8, 4) is 29.0 Å². The molecule has 3 aromatic carbocycles. The number of hydrogen-bond acceptors (Lipinski definition) is 6. The van der Waals surface area contributed by atoms with E-state index in [2.05, 4.69) is 32.4 Å². The normalized spacial score (nSPS) is 15.8. The van der Waals surface area contributed by atoms with Gasteiger partial charge in [0.15, 0.2) is 11.4 Å². The van der Waals surface area contributed by atoms with E-state index in [9.17, 15) is 13.9 Å². The molecule has 6 rings (SSSR count). The van der Waals surface area contributed by atoms with Gasteiger partial charge in [0, 0.05) is 39.0 Å². The molecule has 1 aliphatic rings. The van der Waals surface area contributed by atoms with Crippen LogP contribution in [0.5, 0.6) is 5.75 Å². The first kappa shape index (κ1) is 27.4. The Kier molecular flexibility index (Phi) is 6.88. The van der Waals surface area contributed by atoms with Crippen molar-refractivity contribution in [1.82, 2.24) is 25.2 Å². The van der Waals surface area contributed by atoms with Crippen molar-refractivity contribution in [2.24, 2.45) is 0 Å². The van der Waals surface area contributed by atoms with Crippen LogP contribution in [0.3, 0.4) is 0 Å². The largest absolute Gasteiger partial charge is 0.489 e. The van der Waals surface area contributed by atoms with Crippen molar-refractivity contribution in [2.75, 3.05) is 0 Å². The van der Waals surface area contributed by atoms with Gasteiger partial charge in [-0.1, -0.05) is 35.6 Å². The molecule has 210 valence electrons. The van der Waals surface area contributed by atoms with Gasteiger partial charge in [0.2, 0.25) is 0 Å². The Hall–Kier alpha value is -4.79. The van der Waals surface area contributed by atoms with E-state index >= 15 is 8.78 Å². The molecule has 0 aliphatic carbocycles. The minimum Gasteiger partial charge on any atom is -0.489 e. The van der Waals surface area contributed by atoms with Crippen LogP contribution in [0.15, 0.2) is 79.0 Å². The van der Waals surface area contributed by atoms with Crippen LogP contribution in [-0.2, 0) is 24.7 Å². The summed E-state index contributed by atoms with van der Waals surface area (Å²) in [5.74, 6) is 1.29. The lowest BCUT2D eigenvalue weighted by atomic mass is 9.80. The van der Waals surface area contributed by atoms with Gasteiger partial charge in [0.05, 0.1) is 6.54 Å². The number of nitrogens with zero attached hydrogens (tertiary/aromatic N) is 5. The fraction of sp³-hybridized carbons (Fsp3) is 0.133. The predicted octanol–water partition coefficient (Wildman–Crippen LogP) is 5.64. The molecule has 3 heterocycles. The molecule has 1 N–H and O–H groups in total. The Balaban J connectivity index is 1.18. The van der Waals surface area contributed by atoms with E-state index in [0.29, 0.717) is 27.5 Å². The Morgan fingerprint density at radius 1 is 0.976 bits per heavy atom. The summed E-state index contributed by atoms with van der Waals surface area (Å²) in [7, 11) is 0. The highest BCUT2D eigenvalue weighted by molar-refractivity contribution is 6.30. The SMILES string of the molecule is OC1(C(F)(F)c2ccc(C#Cc3ccc(OCc4ccc(Cl)cc4F)cc3)cn2)Cn2nnnc2-c2cc(F)ccc21. The minimum absolute atomic E-state index is 0.0190. The molecule has 1 aliphatic heterocycles. The number of aliphatic hydroxyl groups is 1. The molecule has 0 saturated heterocycles. The van der Waals surface area contributed by atoms with Crippen LogP contribution < -0.4 is 4.74 Å². The van der Waals surface area contributed by atoms with Crippen LogP contribution in [0.2, 0.25) is 5.02 Å². The first-order valence-corrected chi connectivity index (χ1v) is 12.8. The monoisotopic (exact) mass is 591 g/mol. The molecule has 2 aromatic heterocycles. The minimum atomic E-state index is -3.90. The van der Waals surface area contributed by atoms with E-state index < -0.39 is 35.4 Å². The van der Waals surface area contributed by atoms with Crippen molar-refractivity contribution in [2.45, 2.75) is 24.7 Å². The van der Waals surface area contributed by atoms with Gasteiger partial charge < -0.3 is 9.84 Å². The summed E-state index contributed by atoms with van der Waals surface area (Å²) >= 11 is 5.77. The predicted molar refractivity (Wildman–Crippen MR) is 143 cm³/mol.